The molecule has 0 aliphatic heterocycles. The molecule has 3 aromatic carbocycles. The zero-order chi connectivity index (χ0) is 28.7. The van der Waals surface area contributed by atoms with Gasteiger partial charge in [0.05, 0.1) is 11.3 Å². The lowest BCUT2D eigenvalue weighted by Crippen LogP contribution is -2.11. The Morgan fingerprint density at radius 1 is 0.725 bits per heavy atom. The summed E-state index contributed by atoms with van der Waals surface area (Å²) in [5.41, 5.74) is 2.78. The van der Waals surface area contributed by atoms with Gasteiger partial charge in [-0.2, -0.15) is 0 Å². The highest BCUT2D eigenvalue weighted by molar-refractivity contribution is 5.91. The molecular formula is C31H29NO8. The third-order valence-electron chi connectivity index (χ3n) is 5.23. The van der Waals surface area contributed by atoms with Crippen LogP contribution in [0.15, 0.2) is 97.0 Å². The summed E-state index contributed by atoms with van der Waals surface area (Å²) in [6.45, 7) is 9.16. The van der Waals surface area contributed by atoms with E-state index in [1.54, 1.807) is 60.8 Å². The maximum absolute atomic E-state index is 12.6. The molecule has 3 aromatic rings. The third-order valence-corrected chi connectivity index (χ3v) is 5.23. The molecule has 0 saturated carbocycles. The van der Waals surface area contributed by atoms with E-state index in [1.807, 2.05) is 19.1 Å². The van der Waals surface area contributed by atoms with Gasteiger partial charge in [-0.15, -0.1) is 0 Å². The first-order valence-electron chi connectivity index (χ1n) is 12.3. The van der Waals surface area contributed by atoms with Crippen LogP contribution in [-0.4, -0.2) is 50.6 Å². The maximum Gasteiger partial charge on any atom is 0.343 e. The van der Waals surface area contributed by atoms with Crippen molar-refractivity contribution in [2.75, 3.05) is 26.4 Å². The standard InChI is InChI=1S/C31H29NO8/c1-4-29(33)38-18-16-36-25-10-6-23(7-11-25)21-32-28-15-14-27(20-22(28)3)40-31(35)24-8-12-26(13-9-24)37-17-19-39-30(34)5-2/h4-15,20-21H,1-2,16-19H2,3H3/b32-21+. The van der Waals surface area contributed by atoms with Gasteiger partial charge < -0.3 is 23.7 Å². The first-order chi connectivity index (χ1) is 19.4. The van der Waals surface area contributed by atoms with Gasteiger partial charge in [0.1, 0.15) is 43.7 Å². The smallest absolute Gasteiger partial charge is 0.343 e. The van der Waals surface area contributed by atoms with Gasteiger partial charge in [0, 0.05) is 18.4 Å². The number of nitrogens with zero attached hydrogens (tertiary/aromatic N) is 1. The summed E-state index contributed by atoms with van der Waals surface area (Å²) in [5, 5.41) is 0. The third kappa shape index (κ3) is 9.60. The Morgan fingerprint density at radius 3 is 1.77 bits per heavy atom. The Bertz CT molecular complexity index is 1360. The fourth-order valence-electron chi connectivity index (χ4n) is 3.21. The van der Waals surface area contributed by atoms with E-state index >= 15 is 0 Å². The summed E-state index contributed by atoms with van der Waals surface area (Å²) < 4.78 is 26.2. The van der Waals surface area contributed by atoms with Gasteiger partial charge in [-0.3, -0.25) is 4.99 Å². The molecule has 0 spiro atoms. The zero-order valence-electron chi connectivity index (χ0n) is 22.0. The number of esters is 3. The number of hydrogen-bond acceptors (Lipinski definition) is 9. The molecule has 0 radical (unpaired) electrons. The van der Waals surface area contributed by atoms with Crippen LogP contribution in [0, 0.1) is 6.92 Å². The van der Waals surface area contributed by atoms with Crippen molar-refractivity contribution in [1.82, 2.24) is 0 Å². The molecule has 0 aliphatic rings. The lowest BCUT2D eigenvalue weighted by molar-refractivity contribution is -0.139. The van der Waals surface area contributed by atoms with Gasteiger partial charge >= 0.3 is 17.9 Å². The molecule has 0 N–H and O–H groups in total. The topological polar surface area (TPSA) is 110 Å². The zero-order valence-corrected chi connectivity index (χ0v) is 22.0. The Hall–Kier alpha value is -5.18. The van der Waals surface area contributed by atoms with Gasteiger partial charge in [-0.05, 0) is 84.8 Å². The Balaban J connectivity index is 1.48. The maximum atomic E-state index is 12.6. The first-order valence-corrected chi connectivity index (χ1v) is 12.3. The number of benzene rings is 3. The Kier molecular flexibility index (Phi) is 11.2. The van der Waals surface area contributed by atoms with Gasteiger partial charge in [0.2, 0.25) is 0 Å². The van der Waals surface area contributed by atoms with Crippen LogP contribution in [0.2, 0.25) is 0 Å². The molecule has 0 saturated heterocycles. The van der Waals surface area contributed by atoms with E-state index in [0.717, 1.165) is 29.0 Å². The van der Waals surface area contributed by atoms with Crippen molar-refractivity contribution in [3.8, 4) is 17.2 Å². The molecule has 0 aromatic heterocycles. The van der Waals surface area contributed by atoms with Crippen LogP contribution in [-0.2, 0) is 19.1 Å². The van der Waals surface area contributed by atoms with Crippen molar-refractivity contribution in [3.05, 3.63) is 109 Å². The average Bonchev–Trinajstić information content (AvgIpc) is 2.97. The number of carbonyl (C=O) groups excluding carboxylic acids is 3. The monoisotopic (exact) mass is 543 g/mol. The van der Waals surface area contributed by atoms with Gasteiger partial charge in [0.15, 0.2) is 0 Å². The van der Waals surface area contributed by atoms with Crippen LogP contribution in [0.5, 0.6) is 17.2 Å². The van der Waals surface area contributed by atoms with E-state index in [0.29, 0.717) is 22.8 Å². The van der Waals surface area contributed by atoms with Crippen molar-refractivity contribution in [2.45, 2.75) is 6.92 Å². The van der Waals surface area contributed by atoms with Crippen molar-refractivity contribution in [2.24, 2.45) is 4.99 Å². The van der Waals surface area contributed by atoms with Crippen LogP contribution < -0.4 is 14.2 Å². The highest BCUT2D eigenvalue weighted by atomic mass is 16.6. The van der Waals surface area contributed by atoms with Crippen molar-refractivity contribution >= 4 is 29.8 Å². The van der Waals surface area contributed by atoms with Crippen LogP contribution >= 0.6 is 0 Å². The van der Waals surface area contributed by atoms with Crippen molar-refractivity contribution in [1.29, 1.82) is 0 Å². The number of aryl methyl sites for hydroxylation is 1. The number of hydrogen-bond donors (Lipinski definition) is 0. The van der Waals surface area contributed by atoms with Crippen LogP contribution in [0.1, 0.15) is 21.5 Å². The fraction of sp³-hybridized carbons (Fsp3) is 0.161. The minimum atomic E-state index is -0.517. The highest BCUT2D eigenvalue weighted by Gasteiger charge is 2.10. The minimum Gasteiger partial charge on any atom is -0.490 e. The lowest BCUT2D eigenvalue weighted by Gasteiger charge is -2.09. The fourth-order valence-corrected chi connectivity index (χ4v) is 3.21. The summed E-state index contributed by atoms with van der Waals surface area (Å²) in [4.78, 5) is 39.1. The van der Waals surface area contributed by atoms with Crippen LogP contribution in [0.25, 0.3) is 0 Å². The van der Waals surface area contributed by atoms with Gasteiger partial charge in [-0.25, -0.2) is 14.4 Å². The predicted octanol–water partition coefficient (Wildman–Crippen LogP) is 5.18. The summed E-state index contributed by atoms with van der Waals surface area (Å²) in [6.07, 6.45) is 3.90. The SMILES string of the molecule is C=CC(=O)OCCOc1ccc(/C=N/c2ccc(OC(=O)c3ccc(OCCOC(=O)C=C)cc3)cc2C)cc1. The molecular weight excluding hydrogens is 514 g/mol. The van der Waals surface area contributed by atoms with E-state index in [-0.39, 0.29) is 26.4 Å². The molecule has 9 nitrogen and oxygen atoms in total. The molecule has 9 heteroatoms. The molecule has 0 amide bonds. The highest BCUT2D eigenvalue weighted by Crippen LogP contribution is 2.25. The molecule has 0 fully saturated rings. The molecule has 0 atom stereocenters. The number of rotatable bonds is 14. The van der Waals surface area contributed by atoms with Crippen molar-refractivity contribution < 1.29 is 38.1 Å². The van der Waals surface area contributed by atoms with E-state index in [1.165, 1.54) is 0 Å². The molecule has 206 valence electrons. The largest absolute Gasteiger partial charge is 0.490 e. The van der Waals surface area contributed by atoms with Crippen LogP contribution in [0.3, 0.4) is 0 Å². The summed E-state index contributed by atoms with van der Waals surface area (Å²) in [5.74, 6) is 0.0453. The molecule has 40 heavy (non-hydrogen) atoms. The summed E-state index contributed by atoms with van der Waals surface area (Å²) in [6, 6.07) is 18.9. The number of carbonyl (C=O) groups is 3. The Morgan fingerprint density at radius 2 is 1.25 bits per heavy atom. The molecule has 0 bridgehead atoms. The van der Waals surface area contributed by atoms with Crippen molar-refractivity contribution in [3.63, 3.8) is 0 Å². The van der Waals surface area contributed by atoms with E-state index in [4.69, 9.17) is 23.7 Å². The number of aliphatic imine (C=N–C) groups is 1. The number of ether oxygens (including phenoxy) is 5. The second-order valence-electron chi connectivity index (χ2n) is 8.13. The average molecular weight is 544 g/mol. The molecule has 3 rings (SSSR count). The molecule has 0 heterocycles. The molecule has 0 aliphatic carbocycles. The van der Waals surface area contributed by atoms with E-state index in [2.05, 4.69) is 18.2 Å². The second-order valence-corrected chi connectivity index (χ2v) is 8.13. The summed E-state index contributed by atoms with van der Waals surface area (Å²) >= 11 is 0. The minimum absolute atomic E-state index is 0.0905. The summed E-state index contributed by atoms with van der Waals surface area (Å²) in [7, 11) is 0. The lowest BCUT2D eigenvalue weighted by atomic mass is 10.2. The normalized spacial score (nSPS) is 10.4. The Labute approximate surface area is 232 Å². The second kappa shape index (κ2) is 15.3. The van der Waals surface area contributed by atoms with E-state index < -0.39 is 17.9 Å². The molecule has 0 unspecified atom stereocenters. The quantitative estimate of drug-likeness (QED) is 0.0900. The van der Waals surface area contributed by atoms with E-state index in [9.17, 15) is 14.4 Å². The first kappa shape index (κ1) is 29.4. The van der Waals surface area contributed by atoms with Gasteiger partial charge in [-0.1, -0.05) is 13.2 Å². The van der Waals surface area contributed by atoms with Gasteiger partial charge in [0.25, 0.3) is 0 Å². The predicted molar refractivity (Wildman–Crippen MR) is 150 cm³/mol. The van der Waals surface area contributed by atoms with Crippen LogP contribution in [0.4, 0.5) is 5.69 Å².